The molecule has 0 radical (unpaired) electrons. The van der Waals surface area contributed by atoms with Gasteiger partial charge in [-0.1, -0.05) is 5.16 Å². The number of carbonyl (C=O) groups is 1. The second kappa shape index (κ2) is 5.36. The van der Waals surface area contributed by atoms with Gasteiger partial charge >= 0.3 is 0 Å². The van der Waals surface area contributed by atoms with Crippen molar-refractivity contribution in [2.75, 3.05) is 32.4 Å². The Kier molecular flexibility index (Phi) is 3.84. The van der Waals surface area contributed by atoms with Crippen LogP contribution in [0.5, 0.6) is 0 Å². The van der Waals surface area contributed by atoms with Crippen molar-refractivity contribution in [3.8, 4) is 0 Å². The molecule has 0 atom stereocenters. The summed E-state index contributed by atoms with van der Waals surface area (Å²) < 4.78 is 5.08. The van der Waals surface area contributed by atoms with Gasteiger partial charge in [0.25, 0.3) is 5.91 Å². The summed E-state index contributed by atoms with van der Waals surface area (Å²) >= 11 is 1.65. The van der Waals surface area contributed by atoms with Gasteiger partial charge in [0, 0.05) is 32.2 Å². The second-order valence-corrected chi connectivity index (χ2v) is 4.52. The zero-order chi connectivity index (χ0) is 11.4. The number of hydrogen-bond acceptors (Lipinski definition) is 5. The first-order chi connectivity index (χ1) is 7.81. The van der Waals surface area contributed by atoms with Crippen LogP contribution < -0.4 is 5.32 Å². The quantitative estimate of drug-likeness (QED) is 0.839. The van der Waals surface area contributed by atoms with Gasteiger partial charge in [0.05, 0.1) is 5.75 Å². The van der Waals surface area contributed by atoms with E-state index in [0.29, 0.717) is 5.69 Å². The number of nitrogens with one attached hydrogen (secondary N) is 1. The minimum Gasteiger partial charge on any atom is -0.360 e. The molecule has 5 nitrogen and oxygen atoms in total. The maximum atomic E-state index is 12.0. The van der Waals surface area contributed by atoms with Gasteiger partial charge < -0.3 is 14.7 Å². The van der Waals surface area contributed by atoms with Crippen molar-refractivity contribution in [2.24, 2.45) is 0 Å². The fourth-order valence-electron chi connectivity index (χ4n) is 1.65. The van der Waals surface area contributed by atoms with E-state index in [1.807, 2.05) is 6.26 Å². The molecule has 2 rings (SSSR count). The molecule has 1 aliphatic rings. The highest BCUT2D eigenvalue weighted by molar-refractivity contribution is 7.97. The molecule has 88 valence electrons. The number of hydrogen-bond donors (Lipinski definition) is 1. The molecule has 2 heterocycles. The molecule has 0 unspecified atom stereocenters. The van der Waals surface area contributed by atoms with Gasteiger partial charge in [-0.2, -0.15) is 11.8 Å². The monoisotopic (exact) mass is 241 g/mol. The Balaban J connectivity index is 2.01. The fourth-order valence-corrected chi connectivity index (χ4v) is 2.07. The zero-order valence-corrected chi connectivity index (χ0v) is 10.0. The molecule has 6 heteroatoms. The minimum absolute atomic E-state index is 0.0300. The normalized spacial score (nSPS) is 16.4. The van der Waals surface area contributed by atoms with Crippen LogP contribution in [-0.4, -0.2) is 48.4 Å². The Morgan fingerprint density at radius 1 is 1.62 bits per heavy atom. The standard InChI is InChI=1S/C10H15N3O2S/c1-16-7-8-6-9(12-15-8)10(14)13-4-2-11-3-5-13/h6,11H,2-5,7H2,1H3. The van der Waals surface area contributed by atoms with Gasteiger partial charge in [0.15, 0.2) is 5.69 Å². The number of piperazine rings is 1. The Labute approximate surface area is 98.5 Å². The van der Waals surface area contributed by atoms with E-state index in [4.69, 9.17) is 4.52 Å². The summed E-state index contributed by atoms with van der Waals surface area (Å²) in [5.41, 5.74) is 0.422. The molecule has 1 saturated heterocycles. The van der Waals surface area contributed by atoms with E-state index >= 15 is 0 Å². The number of rotatable bonds is 3. The molecule has 1 aliphatic heterocycles. The van der Waals surface area contributed by atoms with Crippen LogP contribution in [0, 0.1) is 0 Å². The maximum Gasteiger partial charge on any atom is 0.276 e. The lowest BCUT2D eigenvalue weighted by molar-refractivity contribution is 0.0725. The molecular formula is C10H15N3O2S. The highest BCUT2D eigenvalue weighted by Gasteiger charge is 2.21. The maximum absolute atomic E-state index is 12.0. The summed E-state index contributed by atoms with van der Waals surface area (Å²) in [4.78, 5) is 13.8. The predicted molar refractivity (Wildman–Crippen MR) is 62.5 cm³/mol. The third-order valence-corrected chi connectivity index (χ3v) is 3.04. The molecule has 0 aliphatic carbocycles. The van der Waals surface area contributed by atoms with E-state index in [-0.39, 0.29) is 5.91 Å². The molecule has 1 aromatic rings. The largest absolute Gasteiger partial charge is 0.360 e. The van der Waals surface area contributed by atoms with E-state index < -0.39 is 0 Å². The predicted octanol–water partition coefficient (Wildman–Crippen LogP) is 0.583. The molecule has 0 saturated carbocycles. The molecule has 1 amide bonds. The van der Waals surface area contributed by atoms with Crippen LogP contribution in [0.25, 0.3) is 0 Å². The molecule has 1 fully saturated rings. The molecule has 16 heavy (non-hydrogen) atoms. The van der Waals surface area contributed by atoms with E-state index in [2.05, 4.69) is 10.5 Å². The van der Waals surface area contributed by atoms with E-state index in [1.54, 1.807) is 22.7 Å². The number of thioether (sulfide) groups is 1. The van der Waals surface area contributed by atoms with Crippen molar-refractivity contribution >= 4 is 17.7 Å². The van der Waals surface area contributed by atoms with Crippen LogP contribution >= 0.6 is 11.8 Å². The Morgan fingerprint density at radius 2 is 2.38 bits per heavy atom. The van der Waals surface area contributed by atoms with Gasteiger partial charge in [-0.25, -0.2) is 0 Å². The minimum atomic E-state index is -0.0300. The van der Waals surface area contributed by atoms with Gasteiger partial charge in [0.1, 0.15) is 5.76 Å². The van der Waals surface area contributed by atoms with Gasteiger partial charge in [-0.3, -0.25) is 4.79 Å². The summed E-state index contributed by atoms with van der Waals surface area (Å²) in [7, 11) is 0. The van der Waals surface area contributed by atoms with Crippen molar-refractivity contribution in [3.63, 3.8) is 0 Å². The van der Waals surface area contributed by atoms with Crippen molar-refractivity contribution in [3.05, 3.63) is 17.5 Å². The van der Waals surface area contributed by atoms with Crippen LogP contribution in [-0.2, 0) is 5.75 Å². The Hall–Kier alpha value is -1.01. The first-order valence-corrected chi connectivity index (χ1v) is 6.65. The molecule has 0 aromatic carbocycles. The first kappa shape index (κ1) is 11.5. The molecule has 0 bridgehead atoms. The van der Waals surface area contributed by atoms with Crippen LogP contribution in [0.15, 0.2) is 10.6 Å². The molecule has 1 N–H and O–H groups in total. The number of aromatic nitrogens is 1. The molecule has 1 aromatic heterocycles. The van der Waals surface area contributed by atoms with Crippen molar-refractivity contribution in [1.82, 2.24) is 15.4 Å². The average Bonchev–Trinajstić information content (AvgIpc) is 2.78. The lowest BCUT2D eigenvalue weighted by atomic mass is 10.3. The van der Waals surface area contributed by atoms with E-state index in [9.17, 15) is 4.79 Å². The number of nitrogens with zero attached hydrogens (tertiary/aromatic N) is 2. The van der Waals surface area contributed by atoms with Crippen molar-refractivity contribution in [1.29, 1.82) is 0 Å². The highest BCUT2D eigenvalue weighted by Crippen LogP contribution is 2.12. The summed E-state index contributed by atoms with van der Waals surface area (Å²) in [6, 6.07) is 1.74. The summed E-state index contributed by atoms with van der Waals surface area (Å²) in [5.74, 6) is 1.48. The van der Waals surface area contributed by atoms with E-state index in [1.165, 1.54) is 0 Å². The topological polar surface area (TPSA) is 58.4 Å². The number of carbonyl (C=O) groups excluding carboxylic acids is 1. The molecular weight excluding hydrogens is 226 g/mol. The average molecular weight is 241 g/mol. The van der Waals surface area contributed by atoms with Gasteiger partial charge in [-0.15, -0.1) is 0 Å². The van der Waals surface area contributed by atoms with Crippen LogP contribution in [0.1, 0.15) is 16.2 Å². The van der Waals surface area contributed by atoms with E-state index in [0.717, 1.165) is 37.7 Å². The van der Waals surface area contributed by atoms with Crippen molar-refractivity contribution in [2.45, 2.75) is 5.75 Å². The summed E-state index contributed by atoms with van der Waals surface area (Å²) in [6.45, 7) is 3.18. The first-order valence-electron chi connectivity index (χ1n) is 5.26. The SMILES string of the molecule is CSCc1cc(C(=O)N2CCNCC2)no1. The third-order valence-electron chi connectivity index (χ3n) is 2.47. The highest BCUT2D eigenvalue weighted by atomic mass is 32.2. The van der Waals surface area contributed by atoms with Gasteiger partial charge in [-0.05, 0) is 6.26 Å². The summed E-state index contributed by atoms with van der Waals surface area (Å²) in [6.07, 6.45) is 1.99. The van der Waals surface area contributed by atoms with Crippen LogP contribution in [0.3, 0.4) is 0 Å². The second-order valence-electron chi connectivity index (χ2n) is 3.65. The third kappa shape index (κ3) is 2.56. The van der Waals surface area contributed by atoms with Gasteiger partial charge in [0.2, 0.25) is 0 Å². The lowest BCUT2D eigenvalue weighted by Gasteiger charge is -2.26. The fraction of sp³-hybridized carbons (Fsp3) is 0.600. The molecule has 0 spiro atoms. The Bertz CT molecular complexity index is 361. The summed E-state index contributed by atoms with van der Waals surface area (Å²) in [5, 5.41) is 7.02. The van der Waals surface area contributed by atoms with Crippen LogP contribution in [0.2, 0.25) is 0 Å². The van der Waals surface area contributed by atoms with Crippen molar-refractivity contribution < 1.29 is 9.32 Å². The smallest absolute Gasteiger partial charge is 0.276 e. The zero-order valence-electron chi connectivity index (χ0n) is 9.23. The lowest BCUT2D eigenvalue weighted by Crippen LogP contribution is -2.46. The number of amides is 1. The van der Waals surface area contributed by atoms with Crippen LogP contribution in [0.4, 0.5) is 0 Å². The Morgan fingerprint density at radius 3 is 3.06 bits per heavy atom.